The van der Waals surface area contributed by atoms with E-state index in [1.54, 1.807) is 0 Å². The van der Waals surface area contributed by atoms with E-state index in [0.717, 1.165) is 13.0 Å². The van der Waals surface area contributed by atoms with E-state index in [2.05, 4.69) is 23.6 Å². The van der Waals surface area contributed by atoms with Crippen LogP contribution in [0, 0.1) is 0 Å². The van der Waals surface area contributed by atoms with Crippen molar-refractivity contribution in [1.29, 1.82) is 0 Å². The van der Waals surface area contributed by atoms with E-state index in [1.165, 1.54) is 83.5 Å². The van der Waals surface area contributed by atoms with Crippen molar-refractivity contribution in [3.63, 3.8) is 0 Å². The van der Waals surface area contributed by atoms with Crippen LogP contribution in [-0.4, -0.2) is 82.5 Å². The molecule has 0 radical (unpaired) electrons. The van der Waals surface area contributed by atoms with E-state index in [-0.39, 0.29) is 13.2 Å². The largest absolute Gasteiger partial charge is 0.469 e. The second-order valence-electron chi connectivity index (χ2n) is 9.32. The highest BCUT2D eigenvalue weighted by atomic mass is 31.2. The maximum atomic E-state index is 10.5. The third kappa shape index (κ3) is 35.6. The lowest BCUT2D eigenvalue weighted by atomic mass is 10.1. The van der Waals surface area contributed by atoms with Gasteiger partial charge in [0.15, 0.2) is 0 Å². The summed E-state index contributed by atoms with van der Waals surface area (Å²) >= 11 is 0. The van der Waals surface area contributed by atoms with Crippen LogP contribution in [0.15, 0.2) is 12.2 Å². The molecule has 0 fully saturated rings. The lowest BCUT2D eigenvalue weighted by molar-refractivity contribution is -0.0134. The van der Waals surface area contributed by atoms with Crippen molar-refractivity contribution in [2.24, 2.45) is 0 Å². The summed E-state index contributed by atoms with van der Waals surface area (Å²) in [5, 5.41) is 0. The zero-order chi connectivity index (χ0) is 27.8. The molecule has 0 unspecified atom stereocenters. The molecule has 228 valence electrons. The molecule has 38 heavy (non-hydrogen) atoms. The van der Waals surface area contributed by atoms with Gasteiger partial charge in [-0.2, -0.15) is 0 Å². The molecule has 0 aromatic carbocycles. The van der Waals surface area contributed by atoms with Gasteiger partial charge in [-0.05, 0) is 32.1 Å². The first-order valence-corrected chi connectivity index (χ1v) is 16.3. The number of phosphoric ester groups is 1. The van der Waals surface area contributed by atoms with E-state index >= 15 is 0 Å². The molecule has 10 heteroatoms. The molecule has 0 aromatic rings. The molecule has 0 aromatic heterocycles. The van der Waals surface area contributed by atoms with Gasteiger partial charge in [0.2, 0.25) is 0 Å². The van der Waals surface area contributed by atoms with Crippen molar-refractivity contribution >= 4 is 7.82 Å². The highest BCUT2D eigenvalue weighted by molar-refractivity contribution is 7.46. The summed E-state index contributed by atoms with van der Waals surface area (Å²) in [6.07, 6.45) is 23.1. The molecule has 0 aliphatic carbocycles. The van der Waals surface area contributed by atoms with E-state index in [0.29, 0.717) is 52.9 Å². The predicted molar refractivity (Wildman–Crippen MR) is 152 cm³/mol. The van der Waals surface area contributed by atoms with Gasteiger partial charge in [0.05, 0.1) is 66.1 Å². The van der Waals surface area contributed by atoms with Gasteiger partial charge in [0.1, 0.15) is 0 Å². The summed E-state index contributed by atoms with van der Waals surface area (Å²) in [4.78, 5) is 17.0. The van der Waals surface area contributed by atoms with Crippen molar-refractivity contribution in [1.82, 2.24) is 0 Å². The molecular weight excluding hydrogens is 511 g/mol. The second-order valence-corrected chi connectivity index (χ2v) is 10.6. The standard InChI is InChI=1S/C28H57O9P/c1-2-3-4-5-6-7-8-9-10-11-12-13-14-15-16-17-18-32-19-20-33-21-22-34-23-24-35-25-26-36-27-28-37-38(29,30)31/h9-10H,2-8,11-28H2,1H3,(H2,29,30,31)/b10-9+. The van der Waals surface area contributed by atoms with Gasteiger partial charge in [0.25, 0.3) is 0 Å². The van der Waals surface area contributed by atoms with Crippen molar-refractivity contribution in [2.45, 2.75) is 96.8 Å². The number of hydrogen-bond donors (Lipinski definition) is 2. The minimum Gasteiger partial charge on any atom is -0.379 e. The quantitative estimate of drug-likeness (QED) is 0.0555. The lowest BCUT2D eigenvalue weighted by Crippen LogP contribution is -2.14. The number of rotatable bonds is 32. The van der Waals surface area contributed by atoms with Gasteiger partial charge in [-0.25, -0.2) is 4.57 Å². The lowest BCUT2D eigenvalue weighted by Gasteiger charge is -2.08. The number of hydrogen-bond acceptors (Lipinski definition) is 7. The van der Waals surface area contributed by atoms with Gasteiger partial charge in [-0.3, -0.25) is 4.52 Å². The predicted octanol–water partition coefficient (Wildman–Crippen LogP) is 6.22. The topological polar surface area (TPSA) is 113 Å². The van der Waals surface area contributed by atoms with E-state index in [9.17, 15) is 4.57 Å². The maximum Gasteiger partial charge on any atom is 0.469 e. The molecule has 0 saturated heterocycles. The zero-order valence-corrected chi connectivity index (χ0v) is 24.9. The number of unbranched alkanes of at least 4 members (excludes halogenated alkanes) is 12. The minimum absolute atomic E-state index is 0.101. The Morgan fingerprint density at radius 3 is 1.24 bits per heavy atom. The van der Waals surface area contributed by atoms with Gasteiger partial charge in [0, 0.05) is 6.61 Å². The van der Waals surface area contributed by atoms with Gasteiger partial charge < -0.3 is 33.5 Å². The number of phosphoric acid groups is 1. The zero-order valence-electron chi connectivity index (χ0n) is 24.0. The Morgan fingerprint density at radius 2 is 0.816 bits per heavy atom. The van der Waals surface area contributed by atoms with E-state index in [4.69, 9.17) is 33.5 Å². The van der Waals surface area contributed by atoms with Crippen LogP contribution in [0.5, 0.6) is 0 Å². The molecule has 9 nitrogen and oxygen atoms in total. The molecule has 0 saturated carbocycles. The van der Waals surface area contributed by atoms with E-state index < -0.39 is 7.82 Å². The molecular formula is C28H57O9P. The van der Waals surface area contributed by atoms with Crippen molar-refractivity contribution in [3.05, 3.63) is 12.2 Å². The fourth-order valence-electron chi connectivity index (χ4n) is 3.65. The van der Waals surface area contributed by atoms with Crippen molar-refractivity contribution in [2.75, 3.05) is 72.7 Å². The SMILES string of the molecule is CCCCCCCC/C=C/CCCCCCCCOCCOCCOCCOCCOCCOP(=O)(O)O. The molecule has 0 aliphatic rings. The van der Waals surface area contributed by atoms with Crippen LogP contribution in [0.3, 0.4) is 0 Å². The van der Waals surface area contributed by atoms with Crippen LogP contribution in [0.2, 0.25) is 0 Å². The highest BCUT2D eigenvalue weighted by Gasteiger charge is 2.12. The Morgan fingerprint density at radius 1 is 0.474 bits per heavy atom. The molecule has 0 aliphatic heterocycles. The van der Waals surface area contributed by atoms with Crippen LogP contribution in [0.25, 0.3) is 0 Å². The van der Waals surface area contributed by atoms with Crippen LogP contribution in [0.1, 0.15) is 96.8 Å². The van der Waals surface area contributed by atoms with E-state index in [1.807, 2.05) is 0 Å². The van der Waals surface area contributed by atoms with Gasteiger partial charge in [-0.1, -0.05) is 76.9 Å². The third-order valence-corrected chi connectivity index (χ3v) is 6.29. The smallest absolute Gasteiger partial charge is 0.379 e. The summed E-state index contributed by atoms with van der Waals surface area (Å²) in [5.74, 6) is 0. The fourth-order valence-corrected chi connectivity index (χ4v) is 3.96. The Hall–Kier alpha value is -0.350. The summed E-state index contributed by atoms with van der Waals surface area (Å²) < 4.78 is 41.7. The van der Waals surface area contributed by atoms with Crippen LogP contribution in [-0.2, 0) is 32.8 Å². The van der Waals surface area contributed by atoms with Gasteiger partial charge >= 0.3 is 7.82 Å². The maximum absolute atomic E-state index is 10.5. The minimum atomic E-state index is -4.42. The second kappa shape index (κ2) is 31.2. The summed E-state index contributed by atoms with van der Waals surface area (Å²) in [6.45, 7) is 6.87. The number of ether oxygens (including phenoxy) is 5. The average Bonchev–Trinajstić information content (AvgIpc) is 2.88. The first-order valence-electron chi connectivity index (χ1n) is 14.8. The molecule has 0 heterocycles. The summed E-state index contributed by atoms with van der Waals surface area (Å²) in [6, 6.07) is 0. The van der Waals surface area contributed by atoms with Crippen molar-refractivity contribution < 1.29 is 42.6 Å². The Kier molecular flexibility index (Phi) is 30.9. The van der Waals surface area contributed by atoms with Crippen LogP contribution >= 0.6 is 7.82 Å². The molecule has 0 amide bonds. The molecule has 0 bridgehead atoms. The Labute approximate surface area is 232 Å². The average molecular weight is 569 g/mol. The normalized spacial score (nSPS) is 12.2. The fraction of sp³-hybridized carbons (Fsp3) is 0.929. The molecule has 0 rings (SSSR count). The Bertz CT molecular complexity index is 528. The summed E-state index contributed by atoms with van der Waals surface area (Å²) in [5.41, 5.74) is 0. The molecule has 0 spiro atoms. The van der Waals surface area contributed by atoms with Crippen LogP contribution < -0.4 is 0 Å². The first-order chi connectivity index (χ1) is 18.6. The third-order valence-electron chi connectivity index (χ3n) is 5.78. The molecule has 0 atom stereocenters. The van der Waals surface area contributed by atoms with Crippen LogP contribution in [0.4, 0.5) is 0 Å². The monoisotopic (exact) mass is 568 g/mol. The van der Waals surface area contributed by atoms with Crippen molar-refractivity contribution in [3.8, 4) is 0 Å². The number of allylic oxidation sites excluding steroid dienone is 2. The van der Waals surface area contributed by atoms with Gasteiger partial charge in [-0.15, -0.1) is 0 Å². The highest BCUT2D eigenvalue weighted by Crippen LogP contribution is 2.35. The first kappa shape index (κ1) is 37.6. The molecule has 2 N–H and O–H groups in total. The Balaban J connectivity index is 3.08. The summed E-state index contributed by atoms with van der Waals surface area (Å²) in [7, 11) is -4.42.